The van der Waals surface area contributed by atoms with Crippen molar-refractivity contribution in [1.29, 1.82) is 0 Å². The minimum Gasteiger partial charge on any atom is -0.508 e. The van der Waals surface area contributed by atoms with Gasteiger partial charge < -0.3 is 5.11 Å². The SMILES string of the molecule is CCc1cc(O)cc([N+](=O)[O-])c1. The lowest BCUT2D eigenvalue weighted by Gasteiger charge is -1.97. The Bertz CT molecular complexity index is 309. The summed E-state index contributed by atoms with van der Waals surface area (Å²) in [5.41, 5.74) is 0.702. The topological polar surface area (TPSA) is 63.4 Å². The number of phenols is 1. The third kappa shape index (κ3) is 1.72. The first-order valence-corrected chi connectivity index (χ1v) is 3.61. The van der Waals surface area contributed by atoms with Gasteiger partial charge in [-0.1, -0.05) is 6.92 Å². The van der Waals surface area contributed by atoms with E-state index in [-0.39, 0.29) is 11.4 Å². The Labute approximate surface area is 69.6 Å². The van der Waals surface area contributed by atoms with Crippen LogP contribution < -0.4 is 0 Å². The molecule has 1 N–H and O–H groups in total. The first kappa shape index (κ1) is 8.52. The molecule has 0 saturated heterocycles. The van der Waals surface area contributed by atoms with E-state index in [9.17, 15) is 10.1 Å². The van der Waals surface area contributed by atoms with Crippen molar-refractivity contribution in [1.82, 2.24) is 0 Å². The molecule has 0 aliphatic rings. The average Bonchev–Trinajstić information content (AvgIpc) is 2.03. The van der Waals surface area contributed by atoms with Crippen LogP contribution in [-0.4, -0.2) is 10.0 Å². The zero-order valence-corrected chi connectivity index (χ0v) is 6.65. The molecule has 12 heavy (non-hydrogen) atoms. The van der Waals surface area contributed by atoms with Crippen molar-refractivity contribution in [3.63, 3.8) is 0 Å². The van der Waals surface area contributed by atoms with E-state index in [4.69, 9.17) is 5.11 Å². The second-order valence-corrected chi connectivity index (χ2v) is 2.47. The summed E-state index contributed by atoms with van der Waals surface area (Å²) in [6, 6.07) is 4.12. The molecule has 1 aromatic carbocycles. The Kier molecular flexibility index (Phi) is 2.28. The van der Waals surface area contributed by atoms with E-state index in [2.05, 4.69) is 0 Å². The van der Waals surface area contributed by atoms with Crippen molar-refractivity contribution in [2.45, 2.75) is 13.3 Å². The molecule has 0 heterocycles. The summed E-state index contributed by atoms with van der Waals surface area (Å²) < 4.78 is 0. The minimum atomic E-state index is -0.515. The molecule has 1 rings (SSSR count). The van der Waals surface area contributed by atoms with E-state index in [1.165, 1.54) is 12.1 Å². The molecule has 0 bridgehead atoms. The van der Waals surface area contributed by atoms with E-state index in [0.29, 0.717) is 6.42 Å². The van der Waals surface area contributed by atoms with Gasteiger partial charge in [-0.3, -0.25) is 10.1 Å². The monoisotopic (exact) mass is 167 g/mol. The van der Waals surface area contributed by atoms with Crippen LogP contribution in [0.3, 0.4) is 0 Å². The van der Waals surface area contributed by atoms with Gasteiger partial charge in [0, 0.05) is 6.07 Å². The molecule has 0 aliphatic carbocycles. The number of nitrogens with zero attached hydrogens (tertiary/aromatic N) is 1. The molecule has 0 aliphatic heterocycles. The molecule has 0 radical (unpaired) electrons. The fraction of sp³-hybridized carbons (Fsp3) is 0.250. The van der Waals surface area contributed by atoms with Crippen LogP contribution in [0.1, 0.15) is 12.5 Å². The first-order chi connectivity index (χ1) is 5.63. The lowest BCUT2D eigenvalue weighted by atomic mass is 10.1. The second-order valence-electron chi connectivity index (χ2n) is 2.47. The van der Waals surface area contributed by atoms with Gasteiger partial charge in [-0.05, 0) is 18.1 Å². The number of benzene rings is 1. The normalized spacial score (nSPS) is 9.75. The molecule has 0 fully saturated rings. The lowest BCUT2D eigenvalue weighted by Crippen LogP contribution is -1.89. The van der Waals surface area contributed by atoms with Crippen LogP contribution in [0, 0.1) is 10.1 Å². The molecule has 0 spiro atoms. The fourth-order valence-electron chi connectivity index (χ4n) is 0.966. The third-order valence-electron chi connectivity index (χ3n) is 1.58. The number of phenolic OH excluding ortho intramolecular Hbond substituents is 1. The van der Waals surface area contributed by atoms with Crippen LogP contribution in [0.25, 0.3) is 0 Å². The van der Waals surface area contributed by atoms with Gasteiger partial charge in [0.2, 0.25) is 0 Å². The molecule has 0 saturated carbocycles. The van der Waals surface area contributed by atoms with Gasteiger partial charge >= 0.3 is 0 Å². The average molecular weight is 167 g/mol. The van der Waals surface area contributed by atoms with E-state index < -0.39 is 4.92 Å². The van der Waals surface area contributed by atoms with Crippen LogP contribution >= 0.6 is 0 Å². The Morgan fingerprint density at radius 3 is 2.67 bits per heavy atom. The van der Waals surface area contributed by atoms with Gasteiger partial charge in [0.05, 0.1) is 11.0 Å². The first-order valence-electron chi connectivity index (χ1n) is 3.61. The van der Waals surface area contributed by atoms with Crippen molar-refractivity contribution < 1.29 is 10.0 Å². The zero-order valence-electron chi connectivity index (χ0n) is 6.65. The van der Waals surface area contributed by atoms with Crippen LogP contribution in [-0.2, 0) is 6.42 Å². The summed E-state index contributed by atoms with van der Waals surface area (Å²) in [6.07, 6.45) is 0.676. The third-order valence-corrected chi connectivity index (χ3v) is 1.58. The molecule has 0 aromatic heterocycles. The van der Waals surface area contributed by atoms with Crippen molar-refractivity contribution in [3.05, 3.63) is 33.9 Å². The number of hydrogen-bond acceptors (Lipinski definition) is 3. The van der Waals surface area contributed by atoms with E-state index >= 15 is 0 Å². The van der Waals surface area contributed by atoms with Crippen LogP contribution in [0.4, 0.5) is 5.69 Å². The number of aromatic hydroxyl groups is 1. The second kappa shape index (κ2) is 3.21. The Balaban J connectivity index is 3.15. The number of non-ortho nitro benzene ring substituents is 1. The highest BCUT2D eigenvalue weighted by atomic mass is 16.6. The molecular formula is C8H9NO3. The number of hydrogen-bond donors (Lipinski definition) is 1. The van der Waals surface area contributed by atoms with Crippen molar-refractivity contribution >= 4 is 5.69 Å². The number of rotatable bonds is 2. The number of nitro groups is 1. The summed E-state index contributed by atoms with van der Waals surface area (Å²) >= 11 is 0. The Hall–Kier alpha value is -1.58. The predicted molar refractivity (Wildman–Crippen MR) is 44.1 cm³/mol. The maximum atomic E-state index is 10.3. The highest BCUT2D eigenvalue weighted by Gasteiger charge is 2.07. The standard InChI is InChI=1S/C8H9NO3/c1-2-6-3-7(9(11)12)5-8(10)4-6/h3-5,10H,2H2,1H3. The zero-order chi connectivity index (χ0) is 9.14. The number of nitro benzene ring substituents is 1. The predicted octanol–water partition coefficient (Wildman–Crippen LogP) is 1.86. The molecule has 0 atom stereocenters. The smallest absolute Gasteiger partial charge is 0.273 e. The quantitative estimate of drug-likeness (QED) is 0.540. The summed E-state index contributed by atoms with van der Waals surface area (Å²) in [4.78, 5) is 9.80. The van der Waals surface area contributed by atoms with E-state index in [0.717, 1.165) is 11.6 Å². The maximum absolute atomic E-state index is 10.3. The maximum Gasteiger partial charge on any atom is 0.273 e. The van der Waals surface area contributed by atoms with Gasteiger partial charge in [0.25, 0.3) is 5.69 Å². The Morgan fingerprint density at radius 2 is 2.17 bits per heavy atom. The van der Waals surface area contributed by atoms with Gasteiger partial charge in [-0.2, -0.15) is 0 Å². The Morgan fingerprint density at radius 1 is 1.50 bits per heavy atom. The summed E-state index contributed by atoms with van der Waals surface area (Å²) in [7, 11) is 0. The number of aryl methyl sites for hydroxylation is 1. The molecule has 0 unspecified atom stereocenters. The van der Waals surface area contributed by atoms with Crippen molar-refractivity contribution in [2.75, 3.05) is 0 Å². The molecule has 64 valence electrons. The van der Waals surface area contributed by atoms with E-state index in [1.807, 2.05) is 6.92 Å². The summed E-state index contributed by atoms with van der Waals surface area (Å²) in [5, 5.41) is 19.4. The van der Waals surface area contributed by atoms with Gasteiger partial charge in [-0.25, -0.2) is 0 Å². The van der Waals surface area contributed by atoms with Crippen molar-refractivity contribution in [3.8, 4) is 5.75 Å². The molecule has 4 nitrogen and oxygen atoms in total. The highest BCUT2D eigenvalue weighted by molar-refractivity contribution is 5.41. The molecule has 0 amide bonds. The summed E-state index contributed by atoms with van der Waals surface area (Å²) in [5.74, 6) is -0.0546. The molecular weight excluding hydrogens is 158 g/mol. The van der Waals surface area contributed by atoms with Gasteiger partial charge in [-0.15, -0.1) is 0 Å². The highest BCUT2D eigenvalue weighted by Crippen LogP contribution is 2.21. The minimum absolute atomic E-state index is 0.0546. The van der Waals surface area contributed by atoms with Crippen molar-refractivity contribution in [2.24, 2.45) is 0 Å². The summed E-state index contributed by atoms with van der Waals surface area (Å²) in [6.45, 7) is 1.87. The van der Waals surface area contributed by atoms with Crippen LogP contribution in [0.2, 0.25) is 0 Å². The molecule has 1 aromatic rings. The van der Waals surface area contributed by atoms with Crippen LogP contribution in [0.5, 0.6) is 5.75 Å². The lowest BCUT2D eigenvalue weighted by molar-refractivity contribution is -0.385. The van der Waals surface area contributed by atoms with E-state index in [1.54, 1.807) is 0 Å². The van der Waals surface area contributed by atoms with Gasteiger partial charge in [0.1, 0.15) is 5.75 Å². The van der Waals surface area contributed by atoms with Gasteiger partial charge in [0.15, 0.2) is 0 Å². The van der Waals surface area contributed by atoms with Crippen LogP contribution in [0.15, 0.2) is 18.2 Å². The molecule has 4 heteroatoms. The fourth-order valence-corrected chi connectivity index (χ4v) is 0.966. The largest absolute Gasteiger partial charge is 0.508 e.